The maximum Gasteiger partial charge on any atom is 0.244 e. The summed E-state index contributed by atoms with van der Waals surface area (Å²) in [6.45, 7) is 4.02. The van der Waals surface area contributed by atoms with E-state index < -0.39 is 0 Å². The molecule has 1 heterocycles. The zero-order chi connectivity index (χ0) is 19.5. The lowest BCUT2D eigenvalue weighted by molar-refractivity contribution is -0.125. The molecule has 28 heavy (non-hydrogen) atoms. The first-order valence-electron chi connectivity index (χ1n) is 9.57. The first kappa shape index (κ1) is 18.4. The minimum atomic E-state index is -0.239. The first-order valence-corrected chi connectivity index (χ1v) is 9.57. The third kappa shape index (κ3) is 3.82. The van der Waals surface area contributed by atoms with E-state index in [1.165, 1.54) is 12.1 Å². The number of rotatable bonds is 4. The van der Waals surface area contributed by atoms with Crippen molar-refractivity contribution in [2.45, 2.75) is 19.5 Å². The van der Waals surface area contributed by atoms with Crippen LogP contribution in [-0.4, -0.2) is 29.9 Å². The molecular weight excluding hydrogens is 351 g/mol. The smallest absolute Gasteiger partial charge is 0.244 e. The van der Waals surface area contributed by atoms with E-state index in [1.54, 1.807) is 12.1 Å². The third-order valence-electron chi connectivity index (χ3n) is 5.37. The summed E-state index contributed by atoms with van der Waals surface area (Å²) < 4.78 is 13.1. The zero-order valence-electron chi connectivity index (χ0n) is 15.9. The van der Waals surface area contributed by atoms with Gasteiger partial charge in [0.25, 0.3) is 0 Å². The summed E-state index contributed by atoms with van der Waals surface area (Å²) in [4.78, 5) is 17.0. The molecular formula is C24H23FN2O. The Morgan fingerprint density at radius 3 is 2.18 bits per heavy atom. The Balaban J connectivity index is 1.46. The van der Waals surface area contributed by atoms with Crippen molar-refractivity contribution >= 4 is 11.6 Å². The van der Waals surface area contributed by atoms with Gasteiger partial charge in [-0.15, -0.1) is 0 Å². The molecule has 0 N–H and O–H groups in total. The van der Waals surface area contributed by atoms with Crippen molar-refractivity contribution in [1.82, 2.24) is 4.90 Å². The van der Waals surface area contributed by atoms with E-state index in [2.05, 4.69) is 29.2 Å². The van der Waals surface area contributed by atoms with Gasteiger partial charge in [-0.1, -0.05) is 54.6 Å². The molecule has 1 aliphatic rings. The molecule has 1 aliphatic heterocycles. The van der Waals surface area contributed by atoms with E-state index in [1.807, 2.05) is 42.2 Å². The lowest BCUT2D eigenvalue weighted by Crippen LogP contribution is -2.55. The number of hydrogen-bond donors (Lipinski definition) is 0. The number of halogens is 1. The van der Waals surface area contributed by atoms with Gasteiger partial charge in [-0.2, -0.15) is 0 Å². The van der Waals surface area contributed by atoms with E-state index in [-0.39, 0.29) is 17.8 Å². The quantitative estimate of drug-likeness (QED) is 0.659. The predicted molar refractivity (Wildman–Crippen MR) is 111 cm³/mol. The van der Waals surface area contributed by atoms with Crippen molar-refractivity contribution in [2.75, 3.05) is 18.0 Å². The van der Waals surface area contributed by atoms with Gasteiger partial charge in [0.1, 0.15) is 5.82 Å². The molecule has 142 valence electrons. The average Bonchev–Trinajstić information content (AvgIpc) is 2.74. The summed E-state index contributed by atoms with van der Waals surface area (Å²) >= 11 is 0. The Morgan fingerprint density at radius 1 is 0.857 bits per heavy atom. The molecule has 0 bridgehead atoms. The van der Waals surface area contributed by atoms with Gasteiger partial charge in [0, 0.05) is 25.3 Å². The molecule has 0 radical (unpaired) electrons. The van der Waals surface area contributed by atoms with Crippen LogP contribution in [0.2, 0.25) is 0 Å². The first-order chi connectivity index (χ1) is 13.6. The molecule has 0 aromatic heterocycles. The molecule has 0 aliphatic carbocycles. The zero-order valence-corrected chi connectivity index (χ0v) is 15.9. The fourth-order valence-corrected chi connectivity index (χ4v) is 3.68. The third-order valence-corrected chi connectivity index (χ3v) is 5.37. The number of nitrogens with zero attached hydrogens (tertiary/aromatic N) is 2. The fourth-order valence-electron chi connectivity index (χ4n) is 3.68. The molecule has 1 unspecified atom stereocenters. The van der Waals surface area contributed by atoms with E-state index in [0.29, 0.717) is 13.1 Å². The monoisotopic (exact) mass is 374 g/mol. The van der Waals surface area contributed by atoms with E-state index >= 15 is 0 Å². The van der Waals surface area contributed by atoms with Crippen molar-refractivity contribution in [2.24, 2.45) is 0 Å². The molecule has 1 fully saturated rings. The van der Waals surface area contributed by atoms with Crippen molar-refractivity contribution in [1.29, 1.82) is 0 Å². The normalized spacial score (nSPS) is 17.7. The summed E-state index contributed by atoms with van der Waals surface area (Å²) in [6, 6.07) is 24.6. The van der Waals surface area contributed by atoms with Gasteiger partial charge in [-0.05, 0) is 47.9 Å². The average molecular weight is 374 g/mol. The number of carbonyl (C=O) groups is 1. The summed E-state index contributed by atoms with van der Waals surface area (Å²) in [5.74, 6) is -0.141. The predicted octanol–water partition coefficient (Wildman–Crippen LogP) is 4.73. The van der Waals surface area contributed by atoms with Crippen LogP contribution >= 0.6 is 0 Å². The van der Waals surface area contributed by atoms with Crippen LogP contribution in [0.4, 0.5) is 10.1 Å². The van der Waals surface area contributed by atoms with Gasteiger partial charge in [0.05, 0.1) is 6.04 Å². The van der Waals surface area contributed by atoms with Crippen molar-refractivity contribution < 1.29 is 9.18 Å². The highest BCUT2D eigenvalue weighted by atomic mass is 19.1. The van der Waals surface area contributed by atoms with Crippen LogP contribution in [0.25, 0.3) is 11.1 Å². The number of hydrogen-bond acceptors (Lipinski definition) is 2. The van der Waals surface area contributed by atoms with Gasteiger partial charge in [-0.25, -0.2) is 4.39 Å². The number of piperazine rings is 1. The van der Waals surface area contributed by atoms with E-state index in [4.69, 9.17) is 0 Å². The molecule has 3 aromatic carbocycles. The van der Waals surface area contributed by atoms with E-state index in [0.717, 1.165) is 28.9 Å². The molecule has 1 amide bonds. The summed E-state index contributed by atoms with van der Waals surface area (Å²) in [6.07, 6.45) is 0. The van der Waals surface area contributed by atoms with Crippen LogP contribution in [0, 0.1) is 5.82 Å². The van der Waals surface area contributed by atoms with Crippen LogP contribution < -0.4 is 4.90 Å². The van der Waals surface area contributed by atoms with Crippen molar-refractivity contribution in [3.8, 4) is 11.1 Å². The van der Waals surface area contributed by atoms with Crippen molar-refractivity contribution in [3.05, 3.63) is 90.2 Å². The number of amides is 1. The molecule has 0 saturated carbocycles. The standard InChI is InChI=1S/C24H23FN2O/c1-18-24(28)27(16-15-26(18)17-19-7-11-22(25)12-8-19)23-13-9-21(10-14-23)20-5-3-2-4-6-20/h2-14,18H,15-17H2,1H3. The largest absolute Gasteiger partial charge is 0.310 e. The second-order valence-electron chi connectivity index (χ2n) is 7.18. The molecule has 3 aromatic rings. The van der Waals surface area contributed by atoms with Crippen molar-refractivity contribution in [3.63, 3.8) is 0 Å². The topological polar surface area (TPSA) is 23.6 Å². The van der Waals surface area contributed by atoms with Gasteiger partial charge in [0.2, 0.25) is 5.91 Å². The Bertz CT molecular complexity index is 939. The lowest BCUT2D eigenvalue weighted by atomic mass is 10.0. The maximum absolute atomic E-state index is 13.1. The molecule has 0 spiro atoms. The summed E-state index contributed by atoms with van der Waals surface area (Å²) in [7, 11) is 0. The van der Waals surface area contributed by atoms with Gasteiger partial charge in [-0.3, -0.25) is 9.69 Å². The molecule has 4 rings (SSSR count). The highest BCUT2D eigenvalue weighted by Crippen LogP contribution is 2.26. The minimum Gasteiger partial charge on any atom is -0.310 e. The second-order valence-corrected chi connectivity index (χ2v) is 7.18. The lowest BCUT2D eigenvalue weighted by Gasteiger charge is -2.39. The Hall–Kier alpha value is -2.98. The molecule has 4 heteroatoms. The van der Waals surface area contributed by atoms with Crippen LogP contribution in [-0.2, 0) is 11.3 Å². The Labute approximate surface area is 165 Å². The van der Waals surface area contributed by atoms with Gasteiger partial charge in [0.15, 0.2) is 0 Å². The Kier molecular flexibility index (Phi) is 5.22. The number of anilines is 1. The molecule has 1 atom stereocenters. The van der Waals surface area contributed by atoms with Crippen LogP contribution in [0.3, 0.4) is 0 Å². The fraction of sp³-hybridized carbons (Fsp3) is 0.208. The SMILES string of the molecule is CC1C(=O)N(c2ccc(-c3ccccc3)cc2)CCN1Cc1ccc(F)cc1. The minimum absolute atomic E-state index is 0.0980. The van der Waals surface area contributed by atoms with E-state index in [9.17, 15) is 9.18 Å². The maximum atomic E-state index is 13.1. The van der Waals surface area contributed by atoms with Crippen LogP contribution in [0.5, 0.6) is 0 Å². The second kappa shape index (κ2) is 7.95. The highest BCUT2D eigenvalue weighted by Gasteiger charge is 2.32. The van der Waals surface area contributed by atoms with Crippen LogP contribution in [0.1, 0.15) is 12.5 Å². The molecule has 3 nitrogen and oxygen atoms in total. The van der Waals surface area contributed by atoms with Gasteiger partial charge < -0.3 is 4.90 Å². The number of carbonyl (C=O) groups excluding carboxylic acids is 1. The van der Waals surface area contributed by atoms with Crippen LogP contribution in [0.15, 0.2) is 78.9 Å². The van der Waals surface area contributed by atoms with Gasteiger partial charge >= 0.3 is 0 Å². The Morgan fingerprint density at radius 2 is 1.50 bits per heavy atom. The molecule has 1 saturated heterocycles. The highest BCUT2D eigenvalue weighted by molar-refractivity contribution is 5.97. The summed E-state index contributed by atoms with van der Waals surface area (Å²) in [5.41, 5.74) is 4.25. The number of benzene rings is 3. The summed E-state index contributed by atoms with van der Waals surface area (Å²) in [5, 5.41) is 0.